The minimum atomic E-state index is 0.661. The van der Waals surface area contributed by atoms with Crippen LogP contribution in [0, 0.1) is 11.8 Å². The smallest absolute Gasteiger partial charge is 0.107 e. The van der Waals surface area contributed by atoms with Gasteiger partial charge in [0, 0.05) is 23.5 Å². The summed E-state index contributed by atoms with van der Waals surface area (Å²) >= 11 is 1.76. The number of nitrogens with one attached hydrogen (secondary N) is 1. The van der Waals surface area contributed by atoms with E-state index in [0.29, 0.717) is 6.04 Å². The van der Waals surface area contributed by atoms with Crippen molar-refractivity contribution in [3.8, 4) is 11.3 Å². The molecule has 0 bridgehead atoms. The van der Waals surface area contributed by atoms with E-state index in [4.69, 9.17) is 4.98 Å². The molecule has 0 saturated heterocycles. The van der Waals surface area contributed by atoms with Gasteiger partial charge in [-0.25, -0.2) is 4.98 Å². The van der Waals surface area contributed by atoms with Gasteiger partial charge in [-0.15, -0.1) is 11.3 Å². The summed E-state index contributed by atoms with van der Waals surface area (Å²) < 4.78 is 0. The van der Waals surface area contributed by atoms with E-state index in [1.165, 1.54) is 23.4 Å². The predicted octanol–water partition coefficient (Wildman–Crippen LogP) is 4.33. The molecule has 0 amide bonds. The summed E-state index contributed by atoms with van der Waals surface area (Å²) in [6, 6.07) is 11.1. The van der Waals surface area contributed by atoms with Crippen molar-refractivity contribution in [2.24, 2.45) is 11.8 Å². The molecule has 0 aliphatic heterocycles. The van der Waals surface area contributed by atoms with Crippen LogP contribution >= 0.6 is 11.3 Å². The quantitative estimate of drug-likeness (QED) is 0.904. The van der Waals surface area contributed by atoms with Gasteiger partial charge in [-0.05, 0) is 24.7 Å². The van der Waals surface area contributed by atoms with Crippen LogP contribution < -0.4 is 5.32 Å². The van der Waals surface area contributed by atoms with Crippen molar-refractivity contribution in [3.05, 3.63) is 40.7 Å². The summed E-state index contributed by atoms with van der Waals surface area (Å²) in [5, 5.41) is 7.04. The van der Waals surface area contributed by atoms with Gasteiger partial charge in [0.05, 0.1) is 5.69 Å². The molecule has 3 heteroatoms. The second-order valence-electron chi connectivity index (χ2n) is 5.89. The summed E-state index contributed by atoms with van der Waals surface area (Å²) in [5.41, 5.74) is 2.30. The summed E-state index contributed by atoms with van der Waals surface area (Å²) in [5.74, 6) is 1.63. The molecule has 0 radical (unpaired) electrons. The molecule has 2 nitrogen and oxygen atoms in total. The Morgan fingerprint density at radius 3 is 2.70 bits per heavy atom. The number of aromatic nitrogens is 1. The van der Waals surface area contributed by atoms with Crippen molar-refractivity contribution in [2.75, 3.05) is 0 Å². The number of hydrogen-bond acceptors (Lipinski definition) is 3. The van der Waals surface area contributed by atoms with Gasteiger partial charge in [-0.1, -0.05) is 44.2 Å². The van der Waals surface area contributed by atoms with Crippen molar-refractivity contribution >= 4 is 11.3 Å². The average Bonchev–Trinajstić information content (AvgIpc) is 3.07. The first kappa shape index (κ1) is 13.8. The Morgan fingerprint density at radius 2 is 2.00 bits per heavy atom. The Bertz CT molecular complexity index is 549. The summed E-state index contributed by atoms with van der Waals surface area (Å²) in [4.78, 5) is 4.74. The SMILES string of the molecule is CC1CCC(NCc2nc(-c3ccccc3)cs2)C1C. The van der Waals surface area contributed by atoms with Crippen LogP contribution in [0.5, 0.6) is 0 Å². The molecule has 1 aromatic carbocycles. The number of benzene rings is 1. The van der Waals surface area contributed by atoms with Gasteiger partial charge in [0.25, 0.3) is 0 Å². The lowest BCUT2D eigenvalue weighted by Gasteiger charge is -2.18. The third-order valence-corrected chi connectivity index (χ3v) is 5.45. The normalized spacial score (nSPS) is 26.0. The van der Waals surface area contributed by atoms with Crippen LogP contribution in [-0.2, 0) is 6.54 Å². The van der Waals surface area contributed by atoms with Crippen LogP contribution in [0.1, 0.15) is 31.7 Å². The Hall–Kier alpha value is -1.19. The molecule has 1 aromatic heterocycles. The van der Waals surface area contributed by atoms with Crippen LogP contribution in [0.4, 0.5) is 0 Å². The lowest BCUT2D eigenvalue weighted by atomic mass is 9.98. The highest BCUT2D eigenvalue weighted by atomic mass is 32.1. The molecule has 1 fully saturated rings. The maximum absolute atomic E-state index is 4.74. The molecular weight excluding hydrogens is 264 g/mol. The molecule has 3 unspecified atom stereocenters. The molecule has 2 aromatic rings. The number of nitrogens with zero attached hydrogens (tertiary/aromatic N) is 1. The van der Waals surface area contributed by atoms with Crippen LogP contribution in [0.25, 0.3) is 11.3 Å². The van der Waals surface area contributed by atoms with Gasteiger partial charge in [0.15, 0.2) is 0 Å². The van der Waals surface area contributed by atoms with E-state index < -0.39 is 0 Å². The van der Waals surface area contributed by atoms with E-state index in [2.05, 4.69) is 48.8 Å². The fourth-order valence-electron chi connectivity index (χ4n) is 3.00. The molecule has 3 rings (SSSR count). The summed E-state index contributed by atoms with van der Waals surface area (Å²) in [6.45, 7) is 5.63. The molecule has 0 spiro atoms. The monoisotopic (exact) mass is 286 g/mol. The summed E-state index contributed by atoms with van der Waals surface area (Å²) in [6.07, 6.45) is 2.66. The van der Waals surface area contributed by atoms with Gasteiger partial charge < -0.3 is 5.32 Å². The lowest BCUT2D eigenvalue weighted by Crippen LogP contribution is -2.31. The second-order valence-corrected chi connectivity index (χ2v) is 6.84. The highest BCUT2D eigenvalue weighted by molar-refractivity contribution is 7.09. The van der Waals surface area contributed by atoms with E-state index in [1.54, 1.807) is 11.3 Å². The number of hydrogen-bond donors (Lipinski definition) is 1. The Balaban J connectivity index is 1.61. The molecule has 20 heavy (non-hydrogen) atoms. The fraction of sp³-hybridized carbons (Fsp3) is 0.471. The third-order valence-electron chi connectivity index (χ3n) is 4.60. The second kappa shape index (κ2) is 6.06. The molecule has 1 N–H and O–H groups in total. The van der Waals surface area contributed by atoms with Gasteiger partial charge >= 0.3 is 0 Å². The third kappa shape index (κ3) is 2.94. The zero-order chi connectivity index (χ0) is 13.9. The minimum Gasteiger partial charge on any atom is -0.307 e. The molecule has 1 heterocycles. The van der Waals surface area contributed by atoms with E-state index in [-0.39, 0.29) is 0 Å². The molecule has 1 aliphatic rings. The Kier molecular flexibility index (Phi) is 4.18. The number of thiazole rings is 1. The molecule has 3 atom stereocenters. The molecular formula is C17H22N2S. The maximum Gasteiger partial charge on any atom is 0.107 e. The van der Waals surface area contributed by atoms with E-state index in [9.17, 15) is 0 Å². The standard InChI is InChI=1S/C17H22N2S/c1-12-8-9-15(13(12)2)18-10-17-19-16(11-20-17)14-6-4-3-5-7-14/h3-7,11-13,15,18H,8-10H2,1-2H3. The Morgan fingerprint density at radius 1 is 1.20 bits per heavy atom. The van der Waals surface area contributed by atoms with Crippen molar-refractivity contribution in [1.29, 1.82) is 0 Å². The van der Waals surface area contributed by atoms with Gasteiger partial charge in [0.1, 0.15) is 5.01 Å². The van der Waals surface area contributed by atoms with Crippen LogP contribution in [0.3, 0.4) is 0 Å². The van der Waals surface area contributed by atoms with Crippen LogP contribution in [-0.4, -0.2) is 11.0 Å². The highest BCUT2D eigenvalue weighted by Crippen LogP contribution is 2.31. The zero-order valence-corrected chi connectivity index (χ0v) is 13.0. The average molecular weight is 286 g/mol. The van der Waals surface area contributed by atoms with Crippen molar-refractivity contribution in [2.45, 2.75) is 39.3 Å². The summed E-state index contributed by atoms with van der Waals surface area (Å²) in [7, 11) is 0. The zero-order valence-electron chi connectivity index (χ0n) is 12.2. The van der Waals surface area contributed by atoms with Crippen LogP contribution in [0.15, 0.2) is 35.7 Å². The Labute approximate surface area is 125 Å². The van der Waals surface area contributed by atoms with Crippen molar-refractivity contribution in [1.82, 2.24) is 10.3 Å². The molecule has 1 aliphatic carbocycles. The lowest BCUT2D eigenvalue weighted by molar-refractivity contribution is 0.369. The first-order valence-corrected chi connectivity index (χ1v) is 8.35. The van der Waals surface area contributed by atoms with E-state index in [0.717, 1.165) is 24.1 Å². The van der Waals surface area contributed by atoms with E-state index >= 15 is 0 Å². The molecule has 106 valence electrons. The van der Waals surface area contributed by atoms with Gasteiger partial charge in [0.2, 0.25) is 0 Å². The largest absolute Gasteiger partial charge is 0.307 e. The first-order chi connectivity index (χ1) is 9.74. The van der Waals surface area contributed by atoms with Gasteiger partial charge in [-0.3, -0.25) is 0 Å². The van der Waals surface area contributed by atoms with Gasteiger partial charge in [-0.2, -0.15) is 0 Å². The van der Waals surface area contributed by atoms with E-state index in [1.807, 2.05) is 6.07 Å². The highest BCUT2D eigenvalue weighted by Gasteiger charge is 2.29. The topological polar surface area (TPSA) is 24.9 Å². The fourth-order valence-corrected chi connectivity index (χ4v) is 3.76. The molecule has 1 saturated carbocycles. The van der Waals surface area contributed by atoms with Crippen molar-refractivity contribution < 1.29 is 0 Å². The van der Waals surface area contributed by atoms with Crippen molar-refractivity contribution in [3.63, 3.8) is 0 Å². The number of rotatable bonds is 4. The predicted molar refractivity (Wildman–Crippen MR) is 85.7 cm³/mol. The van der Waals surface area contributed by atoms with Crippen LogP contribution in [0.2, 0.25) is 0 Å². The first-order valence-electron chi connectivity index (χ1n) is 7.47. The maximum atomic E-state index is 4.74. The minimum absolute atomic E-state index is 0.661.